The quantitative estimate of drug-likeness (QED) is 0.727. The van der Waals surface area contributed by atoms with Crippen LogP contribution in [0.1, 0.15) is 43.6 Å². The molecule has 0 aliphatic rings. The van der Waals surface area contributed by atoms with Gasteiger partial charge in [-0.25, -0.2) is 0 Å². The molecule has 0 saturated heterocycles. The molecule has 15 heavy (non-hydrogen) atoms. The number of aromatic nitrogens is 2. The molecule has 1 aromatic heterocycles. The minimum absolute atomic E-state index is 0.916. The molecule has 0 bridgehead atoms. The molecule has 1 heterocycles. The van der Waals surface area contributed by atoms with Crippen LogP contribution in [0.2, 0.25) is 0 Å². The van der Waals surface area contributed by atoms with E-state index in [0.717, 1.165) is 30.9 Å². The number of aryl methyl sites for hydroxylation is 2. The molecular formula is C12H21N3. The molecule has 0 fully saturated rings. The highest BCUT2D eigenvalue weighted by molar-refractivity contribution is 5.20. The SMILES string of the molecule is CCCCNCc1cc(C)nnc1CC. The molecule has 0 aromatic carbocycles. The van der Waals surface area contributed by atoms with Crippen LogP contribution < -0.4 is 5.32 Å². The van der Waals surface area contributed by atoms with E-state index in [1.807, 2.05) is 6.92 Å². The number of hydrogen-bond acceptors (Lipinski definition) is 3. The summed E-state index contributed by atoms with van der Waals surface area (Å²) in [7, 11) is 0. The summed E-state index contributed by atoms with van der Waals surface area (Å²) in [6, 6.07) is 2.13. The molecule has 0 spiro atoms. The van der Waals surface area contributed by atoms with Crippen LogP contribution in [0.5, 0.6) is 0 Å². The largest absolute Gasteiger partial charge is 0.313 e. The van der Waals surface area contributed by atoms with E-state index in [-0.39, 0.29) is 0 Å². The molecule has 0 aliphatic heterocycles. The number of rotatable bonds is 6. The van der Waals surface area contributed by atoms with Crippen molar-refractivity contribution in [2.24, 2.45) is 0 Å². The normalized spacial score (nSPS) is 10.6. The van der Waals surface area contributed by atoms with Crippen molar-refractivity contribution in [2.75, 3.05) is 6.54 Å². The van der Waals surface area contributed by atoms with E-state index in [9.17, 15) is 0 Å². The van der Waals surface area contributed by atoms with E-state index in [2.05, 4.69) is 35.4 Å². The molecule has 0 amide bonds. The van der Waals surface area contributed by atoms with Gasteiger partial charge in [-0.2, -0.15) is 10.2 Å². The van der Waals surface area contributed by atoms with Gasteiger partial charge in [-0.05, 0) is 37.9 Å². The monoisotopic (exact) mass is 207 g/mol. The van der Waals surface area contributed by atoms with Crippen LogP contribution >= 0.6 is 0 Å². The highest BCUT2D eigenvalue weighted by Gasteiger charge is 2.02. The van der Waals surface area contributed by atoms with Crippen LogP contribution in [-0.2, 0) is 13.0 Å². The number of hydrogen-bond donors (Lipinski definition) is 1. The Morgan fingerprint density at radius 3 is 2.73 bits per heavy atom. The first-order chi connectivity index (χ1) is 7.27. The fourth-order valence-electron chi connectivity index (χ4n) is 1.54. The molecule has 0 saturated carbocycles. The lowest BCUT2D eigenvalue weighted by atomic mass is 10.1. The van der Waals surface area contributed by atoms with Gasteiger partial charge in [0.05, 0.1) is 11.4 Å². The van der Waals surface area contributed by atoms with Crippen LogP contribution in [0.3, 0.4) is 0 Å². The third-order valence-electron chi connectivity index (χ3n) is 2.44. The van der Waals surface area contributed by atoms with Gasteiger partial charge in [-0.15, -0.1) is 0 Å². The second-order valence-corrected chi connectivity index (χ2v) is 3.84. The van der Waals surface area contributed by atoms with Gasteiger partial charge < -0.3 is 5.32 Å². The van der Waals surface area contributed by atoms with Gasteiger partial charge in [0.1, 0.15) is 0 Å². The van der Waals surface area contributed by atoms with Gasteiger partial charge in [0.15, 0.2) is 0 Å². The minimum Gasteiger partial charge on any atom is -0.313 e. The molecule has 3 nitrogen and oxygen atoms in total. The minimum atomic E-state index is 0.916. The summed E-state index contributed by atoms with van der Waals surface area (Å²) in [5.74, 6) is 0. The molecule has 1 rings (SSSR count). The predicted octanol–water partition coefficient (Wildman–Crippen LogP) is 2.24. The summed E-state index contributed by atoms with van der Waals surface area (Å²) in [5.41, 5.74) is 3.41. The summed E-state index contributed by atoms with van der Waals surface area (Å²) >= 11 is 0. The van der Waals surface area contributed by atoms with E-state index in [4.69, 9.17) is 0 Å². The maximum absolute atomic E-state index is 4.21. The van der Waals surface area contributed by atoms with Gasteiger partial charge in [-0.3, -0.25) is 0 Å². The first-order valence-electron chi connectivity index (χ1n) is 5.80. The fourth-order valence-corrected chi connectivity index (χ4v) is 1.54. The summed E-state index contributed by atoms with van der Waals surface area (Å²) < 4.78 is 0. The van der Waals surface area contributed by atoms with Crippen LogP contribution in [-0.4, -0.2) is 16.7 Å². The molecule has 0 unspecified atom stereocenters. The molecule has 0 radical (unpaired) electrons. The Kier molecular flexibility index (Phi) is 5.26. The van der Waals surface area contributed by atoms with Crippen molar-refractivity contribution >= 4 is 0 Å². The highest BCUT2D eigenvalue weighted by atomic mass is 15.1. The van der Waals surface area contributed by atoms with Gasteiger partial charge in [0.2, 0.25) is 0 Å². The van der Waals surface area contributed by atoms with Gasteiger partial charge in [0, 0.05) is 6.54 Å². The molecule has 1 N–H and O–H groups in total. The second kappa shape index (κ2) is 6.51. The summed E-state index contributed by atoms with van der Waals surface area (Å²) in [4.78, 5) is 0. The molecule has 3 heteroatoms. The van der Waals surface area contributed by atoms with Crippen molar-refractivity contribution in [3.05, 3.63) is 23.0 Å². The molecule has 1 aromatic rings. The Morgan fingerprint density at radius 2 is 2.07 bits per heavy atom. The number of nitrogens with one attached hydrogen (secondary N) is 1. The van der Waals surface area contributed by atoms with Gasteiger partial charge >= 0.3 is 0 Å². The zero-order chi connectivity index (χ0) is 11.1. The van der Waals surface area contributed by atoms with Crippen LogP contribution in [0.25, 0.3) is 0 Å². The molecule has 0 aliphatic carbocycles. The maximum atomic E-state index is 4.21. The maximum Gasteiger partial charge on any atom is 0.0673 e. The Balaban J connectivity index is 2.54. The van der Waals surface area contributed by atoms with E-state index < -0.39 is 0 Å². The van der Waals surface area contributed by atoms with Crippen molar-refractivity contribution in [1.82, 2.24) is 15.5 Å². The van der Waals surface area contributed by atoms with Crippen LogP contribution in [0.15, 0.2) is 6.07 Å². The van der Waals surface area contributed by atoms with Crippen molar-refractivity contribution < 1.29 is 0 Å². The lowest BCUT2D eigenvalue weighted by Crippen LogP contribution is -2.16. The van der Waals surface area contributed by atoms with Crippen molar-refractivity contribution in [3.8, 4) is 0 Å². The molecular weight excluding hydrogens is 186 g/mol. The highest BCUT2D eigenvalue weighted by Crippen LogP contribution is 2.06. The second-order valence-electron chi connectivity index (χ2n) is 3.84. The van der Waals surface area contributed by atoms with E-state index in [1.165, 1.54) is 18.4 Å². The Morgan fingerprint density at radius 1 is 1.27 bits per heavy atom. The van der Waals surface area contributed by atoms with Gasteiger partial charge in [0.25, 0.3) is 0 Å². The standard InChI is InChI=1S/C12H21N3/c1-4-6-7-13-9-11-8-10(3)14-15-12(11)5-2/h8,13H,4-7,9H2,1-3H3. The third kappa shape index (κ3) is 3.96. The average molecular weight is 207 g/mol. The zero-order valence-electron chi connectivity index (χ0n) is 10.0. The van der Waals surface area contributed by atoms with E-state index in [1.54, 1.807) is 0 Å². The Bertz CT molecular complexity index is 297. The van der Waals surface area contributed by atoms with E-state index in [0.29, 0.717) is 0 Å². The summed E-state index contributed by atoms with van der Waals surface area (Å²) in [6.45, 7) is 8.31. The summed E-state index contributed by atoms with van der Waals surface area (Å²) in [6.07, 6.45) is 3.43. The lowest BCUT2D eigenvalue weighted by Gasteiger charge is -2.08. The zero-order valence-corrected chi connectivity index (χ0v) is 10.0. The first-order valence-corrected chi connectivity index (χ1v) is 5.80. The number of unbranched alkanes of at least 4 members (excludes halogenated alkanes) is 1. The van der Waals surface area contributed by atoms with Gasteiger partial charge in [-0.1, -0.05) is 20.3 Å². The Labute approximate surface area is 92.3 Å². The predicted molar refractivity (Wildman–Crippen MR) is 62.8 cm³/mol. The lowest BCUT2D eigenvalue weighted by molar-refractivity contribution is 0.633. The Hall–Kier alpha value is -0.960. The van der Waals surface area contributed by atoms with E-state index >= 15 is 0 Å². The first kappa shape index (κ1) is 12.1. The van der Waals surface area contributed by atoms with Crippen molar-refractivity contribution in [1.29, 1.82) is 0 Å². The van der Waals surface area contributed by atoms with Crippen LogP contribution in [0, 0.1) is 6.92 Å². The van der Waals surface area contributed by atoms with Crippen LogP contribution in [0.4, 0.5) is 0 Å². The van der Waals surface area contributed by atoms with Crippen molar-refractivity contribution in [2.45, 2.75) is 46.6 Å². The third-order valence-corrected chi connectivity index (χ3v) is 2.44. The fraction of sp³-hybridized carbons (Fsp3) is 0.667. The number of nitrogens with zero attached hydrogens (tertiary/aromatic N) is 2. The summed E-state index contributed by atoms with van der Waals surface area (Å²) in [5, 5.41) is 11.7. The average Bonchev–Trinajstić information content (AvgIpc) is 2.25. The molecule has 84 valence electrons. The molecule has 0 atom stereocenters. The topological polar surface area (TPSA) is 37.8 Å². The smallest absolute Gasteiger partial charge is 0.0673 e. The van der Waals surface area contributed by atoms with Crippen molar-refractivity contribution in [3.63, 3.8) is 0 Å².